The maximum atomic E-state index is 13.8. The number of ether oxygens (including phenoxy) is 1. The minimum Gasteiger partial charge on any atom is -0.387 e. The van der Waals surface area contributed by atoms with Crippen LogP contribution in [0.3, 0.4) is 0 Å². The fraction of sp³-hybridized carbons (Fsp3) is 0.485. The van der Waals surface area contributed by atoms with Crippen molar-refractivity contribution in [1.29, 1.82) is 0 Å². The van der Waals surface area contributed by atoms with Gasteiger partial charge in [0.1, 0.15) is 17.3 Å². The molecule has 44 heavy (non-hydrogen) atoms. The highest BCUT2D eigenvalue weighted by Gasteiger charge is 2.60. The second-order valence-corrected chi connectivity index (χ2v) is 13.3. The summed E-state index contributed by atoms with van der Waals surface area (Å²) in [4.78, 5) is 30.1. The van der Waals surface area contributed by atoms with E-state index in [1.54, 1.807) is 18.3 Å². The Bertz CT molecular complexity index is 1700. The number of rotatable bonds is 4. The number of hydrogen-bond donors (Lipinski definition) is 2. The van der Waals surface area contributed by atoms with E-state index in [2.05, 4.69) is 34.2 Å². The summed E-state index contributed by atoms with van der Waals surface area (Å²) < 4.78 is 60.0. The number of hydrogen-bond acceptors (Lipinski definition) is 5. The number of alkyl halides is 3. The summed E-state index contributed by atoms with van der Waals surface area (Å²) in [5.74, 6) is -0.584. The molecule has 3 fully saturated rings. The Morgan fingerprint density at radius 2 is 1.91 bits per heavy atom. The number of pyridine rings is 1. The number of ketones is 1. The Balaban J connectivity index is 1.14. The molecule has 1 aromatic carbocycles. The molecule has 3 aliphatic carbocycles. The molecule has 1 aliphatic heterocycles. The third kappa shape index (κ3) is 4.66. The van der Waals surface area contributed by atoms with Gasteiger partial charge in [0.2, 0.25) is 11.8 Å². The minimum absolute atomic E-state index is 0.0883. The average Bonchev–Trinajstić information content (AvgIpc) is 3.54. The maximum absolute atomic E-state index is 13.8. The van der Waals surface area contributed by atoms with E-state index in [9.17, 15) is 27.2 Å². The lowest BCUT2D eigenvalue weighted by molar-refractivity contribution is -0.275. The van der Waals surface area contributed by atoms with Crippen LogP contribution in [0.1, 0.15) is 52.4 Å². The number of fused-ring (bicyclic) bond motifs is 6. The lowest BCUT2D eigenvalue weighted by atomic mass is 9.50. The highest BCUT2D eigenvalue weighted by Crippen LogP contribution is 2.64. The van der Waals surface area contributed by atoms with Crippen molar-refractivity contribution < 1.29 is 31.9 Å². The smallest absolute Gasteiger partial charge is 0.387 e. The van der Waals surface area contributed by atoms with Gasteiger partial charge in [-0.05, 0) is 91.7 Å². The molecular weight excluding hydrogens is 576 g/mol. The van der Waals surface area contributed by atoms with Crippen LogP contribution in [0.5, 0.6) is 5.88 Å². The zero-order valence-corrected chi connectivity index (χ0v) is 24.5. The lowest BCUT2D eigenvalue weighted by Gasteiger charge is -2.58. The monoisotopic (exact) mass is 610 g/mol. The van der Waals surface area contributed by atoms with Crippen molar-refractivity contribution in [2.45, 2.75) is 58.7 Å². The van der Waals surface area contributed by atoms with Crippen molar-refractivity contribution in [2.24, 2.45) is 34.5 Å². The molecule has 2 aromatic heterocycles. The molecule has 4 unspecified atom stereocenters. The van der Waals surface area contributed by atoms with Gasteiger partial charge in [-0.3, -0.25) is 9.59 Å². The number of piperidine rings is 1. The lowest BCUT2D eigenvalue weighted by Crippen LogP contribution is -2.57. The molecule has 11 heteroatoms. The summed E-state index contributed by atoms with van der Waals surface area (Å²) in [5, 5.41) is 6.85. The number of anilines is 1. The summed E-state index contributed by atoms with van der Waals surface area (Å²) in [6.07, 6.45) is 2.95. The Hall–Kier alpha value is -3.89. The van der Waals surface area contributed by atoms with Crippen LogP contribution in [0, 0.1) is 40.3 Å². The zero-order chi connectivity index (χ0) is 31.0. The quantitative estimate of drug-likeness (QED) is 0.314. The molecule has 0 radical (unpaired) electrons. The number of nitrogens with one attached hydrogen (secondary N) is 2. The summed E-state index contributed by atoms with van der Waals surface area (Å²) in [6, 6.07) is 8.61. The summed E-state index contributed by atoms with van der Waals surface area (Å²) in [7, 11) is 0. The molecule has 1 saturated heterocycles. The number of aromatic nitrogens is 2. The minimum atomic E-state index is -5.03. The van der Waals surface area contributed by atoms with Crippen molar-refractivity contribution in [1.82, 2.24) is 14.9 Å². The largest absolute Gasteiger partial charge is 0.574 e. The Labute approximate surface area is 252 Å². The predicted molar refractivity (Wildman–Crippen MR) is 155 cm³/mol. The number of carbonyl (C=O) groups excluding carboxylic acids is 2. The van der Waals surface area contributed by atoms with E-state index >= 15 is 0 Å². The van der Waals surface area contributed by atoms with Gasteiger partial charge in [-0.15, -0.1) is 13.2 Å². The van der Waals surface area contributed by atoms with Crippen LogP contribution < -0.4 is 15.4 Å². The normalized spacial score (nSPS) is 31.4. The van der Waals surface area contributed by atoms with Crippen LogP contribution >= 0.6 is 0 Å². The number of halogens is 4. The molecule has 1 amide bonds. The molecule has 4 aliphatic rings. The first-order chi connectivity index (χ1) is 20.9. The Morgan fingerprint density at radius 3 is 2.70 bits per heavy atom. The first-order valence-electron chi connectivity index (χ1n) is 15.2. The van der Waals surface area contributed by atoms with Gasteiger partial charge < -0.3 is 19.9 Å². The molecule has 0 spiro atoms. The van der Waals surface area contributed by atoms with Crippen LogP contribution in [-0.2, 0) is 9.59 Å². The standard InChI is InChI=1S/C33H34F4N4O3/c1-31-13-10-23-21(17-38-27-16-20(42)9-12-32(23,27)2)22(31)4-5-24(31)29(43)39-25-6-8-28(40-30(25)44-33(35,36)37)41-14-11-18-15-19(34)3-7-26(18)41/h3,6-8,11,14-16,21-24,38H,4-5,9-10,12-13,17H2,1-2H3,(H,39,43)/t21?,22?,23?,24?,31-,32+/m0/s1. The van der Waals surface area contributed by atoms with Crippen molar-refractivity contribution in [3.63, 3.8) is 0 Å². The molecule has 0 bridgehead atoms. The second-order valence-electron chi connectivity index (χ2n) is 13.3. The number of carbonyl (C=O) groups is 2. The highest BCUT2D eigenvalue weighted by atomic mass is 19.4. The Kier molecular flexibility index (Phi) is 6.60. The van der Waals surface area contributed by atoms with E-state index in [1.165, 1.54) is 34.9 Å². The molecular formula is C33H34F4N4O3. The van der Waals surface area contributed by atoms with Crippen molar-refractivity contribution >= 4 is 28.3 Å². The summed E-state index contributed by atoms with van der Waals surface area (Å²) in [6.45, 7) is 5.16. The van der Waals surface area contributed by atoms with Crippen LogP contribution in [0.4, 0.5) is 23.2 Å². The first-order valence-corrected chi connectivity index (χ1v) is 15.2. The zero-order valence-electron chi connectivity index (χ0n) is 24.5. The van der Waals surface area contributed by atoms with E-state index in [0.717, 1.165) is 37.9 Å². The third-order valence-corrected chi connectivity index (χ3v) is 11.1. The predicted octanol–water partition coefficient (Wildman–Crippen LogP) is 6.92. The summed E-state index contributed by atoms with van der Waals surface area (Å²) in [5.41, 5.74) is 1.04. The van der Waals surface area contributed by atoms with Gasteiger partial charge in [-0.25, -0.2) is 4.39 Å². The Morgan fingerprint density at radius 1 is 1.09 bits per heavy atom. The van der Waals surface area contributed by atoms with Crippen molar-refractivity contribution in [3.8, 4) is 11.7 Å². The van der Waals surface area contributed by atoms with E-state index in [4.69, 9.17) is 0 Å². The maximum Gasteiger partial charge on any atom is 0.574 e. The van der Waals surface area contributed by atoms with Gasteiger partial charge in [-0.2, -0.15) is 4.98 Å². The van der Waals surface area contributed by atoms with Gasteiger partial charge >= 0.3 is 6.36 Å². The molecule has 3 aromatic rings. The van der Waals surface area contributed by atoms with E-state index < -0.39 is 18.1 Å². The van der Waals surface area contributed by atoms with Gasteiger partial charge in [0.05, 0.1) is 5.52 Å². The molecule has 3 heterocycles. The average molecular weight is 611 g/mol. The van der Waals surface area contributed by atoms with Crippen molar-refractivity contribution in [3.05, 3.63) is 60.2 Å². The fourth-order valence-corrected chi connectivity index (χ4v) is 8.96. The number of allylic oxidation sites excluding steroid dienone is 2. The fourth-order valence-electron chi connectivity index (χ4n) is 8.96. The van der Waals surface area contributed by atoms with Gasteiger partial charge in [0, 0.05) is 47.7 Å². The van der Waals surface area contributed by atoms with Gasteiger partial charge in [0.15, 0.2) is 5.78 Å². The topological polar surface area (TPSA) is 85.3 Å². The van der Waals surface area contributed by atoms with Crippen LogP contribution in [0.25, 0.3) is 16.7 Å². The molecule has 2 N–H and O–H groups in total. The van der Waals surface area contributed by atoms with Gasteiger partial charge in [0.25, 0.3) is 0 Å². The third-order valence-electron chi connectivity index (χ3n) is 11.1. The van der Waals surface area contributed by atoms with E-state index in [-0.39, 0.29) is 45.9 Å². The molecule has 6 atom stereocenters. The number of nitrogens with zero attached hydrogens (tertiary/aromatic N) is 2. The van der Waals surface area contributed by atoms with Gasteiger partial charge in [-0.1, -0.05) is 13.8 Å². The van der Waals surface area contributed by atoms with Crippen LogP contribution in [0.2, 0.25) is 0 Å². The number of amides is 1. The van der Waals surface area contributed by atoms with Crippen LogP contribution in [0.15, 0.2) is 54.4 Å². The SMILES string of the molecule is C[C@]12CCC3C(CNC4=CC(=O)CC[C@@]43C)C1CCC2C(=O)Nc1ccc(-n2ccc3cc(F)ccc32)nc1OC(F)(F)F. The first kappa shape index (κ1) is 28.9. The van der Waals surface area contributed by atoms with Crippen LogP contribution in [-0.4, -0.2) is 34.1 Å². The summed E-state index contributed by atoms with van der Waals surface area (Å²) >= 11 is 0. The number of benzene rings is 1. The van der Waals surface area contributed by atoms with Crippen molar-refractivity contribution in [2.75, 3.05) is 11.9 Å². The van der Waals surface area contributed by atoms with E-state index in [0.29, 0.717) is 35.6 Å². The molecule has 2 saturated carbocycles. The molecule has 7 nitrogen and oxygen atoms in total. The molecule has 7 rings (SSSR count). The molecule has 232 valence electrons. The van der Waals surface area contributed by atoms with E-state index in [1.807, 2.05) is 0 Å². The second kappa shape index (κ2) is 10.1. The highest BCUT2D eigenvalue weighted by molar-refractivity contribution is 5.94.